The van der Waals surface area contributed by atoms with Gasteiger partial charge in [0.1, 0.15) is 11.5 Å². The van der Waals surface area contributed by atoms with Crippen molar-refractivity contribution >= 4 is 34.8 Å². The summed E-state index contributed by atoms with van der Waals surface area (Å²) in [5.74, 6) is 1.14. The van der Waals surface area contributed by atoms with Crippen LogP contribution in [0.1, 0.15) is 5.56 Å². The van der Waals surface area contributed by atoms with Crippen LogP contribution in [-0.2, 0) is 6.42 Å². The van der Waals surface area contributed by atoms with Crippen molar-refractivity contribution in [1.82, 2.24) is 0 Å². The van der Waals surface area contributed by atoms with Gasteiger partial charge in [0.2, 0.25) is 0 Å². The summed E-state index contributed by atoms with van der Waals surface area (Å²) in [6.45, 7) is 0.521. The fraction of sp³-hybridized carbons (Fsp3) is 0.143. The number of benzene rings is 2. The zero-order valence-corrected chi connectivity index (χ0v) is 12.3. The van der Waals surface area contributed by atoms with Crippen molar-refractivity contribution in [3.05, 3.63) is 57.0 Å². The van der Waals surface area contributed by atoms with Crippen molar-refractivity contribution in [1.29, 1.82) is 0 Å². The minimum Gasteiger partial charge on any atom is -0.455 e. The van der Waals surface area contributed by atoms with Gasteiger partial charge in [0, 0.05) is 10.0 Å². The predicted molar refractivity (Wildman–Crippen MR) is 80.7 cm³/mol. The summed E-state index contributed by atoms with van der Waals surface area (Å²) in [4.78, 5) is 0. The van der Waals surface area contributed by atoms with Crippen molar-refractivity contribution < 1.29 is 4.74 Å². The molecule has 0 aromatic heterocycles. The molecular weight excluding hydrogens is 305 g/mol. The predicted octanol–water partition coefficient (Wildman–Crippen LogP) is 4.94. The number of halogens is 3. The van der Waals surface area contributed by atoms with Crippen LogP contribution in [0.5, 0.6) is 11.5 Å². The molecule has 2 nitrogen and oxygen atoms in total. The van der Waals surface area contributed by atoms with Crippen LogP contribution in [0.2, 0.25) is 15.1 Å². The van der Waals surface area contributed by atoms with Crippen LogP contribution in [0.15, 0.2) is 36.4 Å². The van der Waals surface area contributed by atoms with Crippen molar-refractivity contribution in [3.8, 4) is 11.5 Å². The molecule has 2 rings (SSSR count). The molecule has 0 bridgehead atoms. The van der Waals surface area contributed by atoms with Gasteiger partial charge in [-0.15, -0.1) is 0 Å². The maximum absolute atomic E-state index is 6.16. The van der Waals surface area contributed by atoms with Crippen LogP contribution in [0.4, 0.5) is 0 Å². The van der Waals surface area contributed by atoms with Crippen LogP contribution < -0.4 is 10.5 Å². The van der Waals surface area contributed by atoms with E-state index >= 15 is 0 Å². The lowest BCUT2D eigenvalue weighted by Crippen LogP contribution is -2.04. The third-order valence-electron chi connectivity index (χ3n) is 2.52. The minimum atomic E-state index is 0.509. The van der Waals surface area contributed by atoms with E-state index in [4.69, 9.17) is 45.3 Å². The first-order valence-corrected chi connectivity index (χ1v) is 6.85. The summed E-state index contributed by atoms with van der Waals surface area (Å²) >= 11 is 18.0. The Balaban J connectivity index is 2.36. The molecule has 0 aliphatic carbocycles. The molecule has 0 saturated carbocycles. The Labute approximate surface area is 127 Å². The van der Waals surface area contributed by atoms with E-state index in [0.29, 0.717) is 39.5 Å². The summed E-state index contributed by atoms with van der Waals surface area (Å²) in [5.41, 5.74) is 6.53. The van der Waals surface area contributed by atoms with Gasteiger partial charge in [-0.1, -0.05) is 46.9 Å². The van der Waals surface area contributed by atoms with Gasteiger partial charge in [-0.05, 0) is 42.8 Å². The Morgan fingerprint density at radius 2 is 1.68 bits per heavy atom. The normalized spacial score (nSPS) is 10.5. The van der Waals surface area contributed by atoms with E-state index in [1.165, 1.54) is 0 Å². The van der Waals surface area contributed by atoms with E-state index < -0.39 is 0 Å². The molecule has 19 heavy (non-hydrogen) atoms. The van der Waals surface area contributed by atoms with E-state index in [0.717, 1.165) is 5.56 Å². The molecule has 0 aliphatic heterocycles. The highest BCUT2D eigenvalue weighted by molar-refractivity contribution is 6.34. The summed E-state index contributed by atoms with van der Waals surface area (Å²) in [6, 6.07) is 10.6. The van der Waals surface area contributed by atoms with Gasteiger partial charge in [0.25, 0.3) is 0 Å². The topological polar surface area (TPSA) is 35.2 Å². The van der Waals surface area contributed by atoms with E-state index in [-0.39, 0.29) is 0 Å². The lowest BCUT2D eigenvalue weighted by molar-refractivity contribution is 0.476. The Morgan fingerprint density at radius 1 is 1.00 bits per heavy atom. The number of hydrogen-bond donors (Lipinski definition) is 1. The molecule has 2 aromatic rings. The summed E-state index contributed by atoms with van der Waals surface area (Å²) in [5, 5.41) is 1.55. The average Bonchev–Trinajstić information content (AvgIpc) is 2.32. The van der Waals surface area contributed by atoms with Crippen LogP contribution in [-0.4, -0.2) is 6.54 Å². The van der Waals surface area contributed by atoms with Crippen LogP contribution >= 0.6 is 34.8 Å². The minimum absolute atomic E-state index is 0.509. The van der Waals surface area contributed by atoms with Crippen LogP contribution in [0, 0.1) is 0 Å². The van der Waals surface area contributed by atoms with E-state index in [9.17, 15) is 0 Å². The first-order chi connectivity index (χ1) is 9.10. The number of ether oxygens (including phenoxy) is 1. The molecule has 0 unspecified atom stereocenters. The SMILES string of the molecule is NCCc1cccc(Cl)c1Oc1cc(Cl)cc(Cl)c1. The Bertz CT molecular complexity index is 567. The van der Waals surface area contributed by atoms with Crippen LogP contribution in [0.3, 0.4) is 0 Å². The Morgan fingerprint density at radius 3 is 2.32 bits per heavy atom. The zero-order chi connectivity index (χ0) is 13.8. The number of nitrogens with two attached hydrogens (primary N) is 1. The van der Waals surface area contributed by atoms with Crippen molar-refractivity contribution in [3.63, 3.8) is 0 Å². The molecule has 0 heterocycles. The highest BCUT2D eigenvalue weighted by Gasteiger charge is 2.10. The second-order valence-corrected chi connectivity index (χ2v) is 5.25. The molecular formula is C14H12Cl3NO. The molecule has 0 amide bonds. The maximum atomic E-state index is 6.16. The molecule has 0 atom stereocenters. The highest BCUT2D eigenvalue weighted by Crippen LogP contribution is 2.35. The third-order valence-corrected chi connectivity index (χ3v) is 3.25. The molecule has 2 aromatic carbocycles. The molecule has 5 heteroatoms. The average molecular weight is 317 g/mol. The van der Waals surface area contributed by atoms with Gasteiger partial charge in [-0.25, -0.2) is 0 Å². The number of rotatable bonds is 4. The third kappa shape index (κ3) is 3.77. The maximum Gasteiger partial charge on any atom is 0.149 e. The largest absolute Gasteiger partial charge is 0.455 e. The van der Waals surface area contributed by atoms with Gasteiger partial charge >= 0.3 is 0 Å². The standard InChI is InChI=1S/C14H12Cl3NO/c15-10-6-11(16)8-12(7-10)19-14-9(4-5-18)2-1-3-13(14)17/h1-3,6-8H,4-5,18H2. The van der Waals surface area contributed by atoms with Gasteiger partial charge in [0.15, 0.2) is 0 Å². The van der Waals surface area contributed by atoms with Gasteiger partial charge in [0.05, 0.1) is 5.02 Å². The van der Waals surface area contributed by atoms with Gasteiger partial charge in [-0.2, -0.15) is 0 Å². The number of hydrogen-bond acceptors (Lipinski definition) is 2. The highest BCUT2D eigenvalue weighted by atomic mass is 35.5. The second-order valence-electron chi connectivity index (χ2n) is 3.97. The smallest absolute Gasteiger partial charge is 0.149 e. The zero-order valence-electron chi connectivity index (χ0n) is 10.00. The van der Waals surface area contributed by atoms with Crippen molar-refractivity contribution in [2.75, 3.05) is 6.54 Å². The fourth-order valence-corrected chi connectivity index (χ4v) is 2.46. The van der Waals surface area contributed by atoms with Gasteiger partial charge < -0.3 is 10.5 Å². The molecule has 0 radical (unpaired) electrons. The molecule has 0 fully saturated rings. The summed E-state index contributed by atoms with van der Waals surface area (Å²) < 4.78 is 5.80. The van der Waals surface area contributed by atoms with E-state index in [2.05, 4.69) is 0 Å². The molecule has 0 aliphatic rings. The van der Waals surface area contributed by atoms with Gasteiger partial charge in [-0.3, -0.25) is 0 Å². The summed E-state index contributed by atoms with van der Waals surface area (Å²) in [6.07, 6.45) is 0.685. The van der Waals surface area contributed by atoms with Crippen molar-refractivity contribution in [2.24, 2.45) is 5.73 Å². The first-order valence-electron chi connectivity index (χ1n) is 5.71. The lowest BCUT2D eigenvalue weighted by Gasteiger charge is -2.13. The van der Waals surface area contributed by atoms with Crippen molar-refractivity contribution in [2.45, 2.75) is 6.42 Å². The second kappa shape index (κ2) is 6.49. The lowest BCUT2D eigenvalue weighted by atomic mass is 10.1. The fourth-order valence-electron chi connectivity index (χ4n) is 1.73. The Kier molecular flexibility index (Phi) is 4.94. The molecule has 0 spiro atoms. The molecule has 2 N–H and O–H groups in total. The quantitative estimate of drug-likeness (QED) is 0.867. The molecule has 0 saturated heterocycles. The monoisotopic (exact) mass is 315 g/mol. The first kappa shape index (κ1) is 14.5. The molecule has 100 valence electrons. The number of para-hydroxylation sites is 1. The van der Waals surface area contributed by atoms with Crippen LogP contribution in [0.25, 0.3) is 0 Å². The van der Waals surface area contributed by atoms with E-state index in [1.54, 1.807) is 24.3 Å². The van der Waals surface area contributed by atoms with E-state index in [1.807, 2.05) is 12.1 Å². The Hall–Kier alpha value is -0.930. The summed E-state index contributed by atoms with van der Waals surface area (Å²) in [7, 11) is 0.